The van der Waals surface area contributed by atoms with Crippen LogP contribution >= 0.6 is 0 Å². The largest absolute Gasteiger partial charge is 0.439 e. The van der Waals surface area contributed by atoms with Gasteiger partial charge in [0.1, 0.15) is 5.82 Å². The molecule has 7 nitrogen and oxygen atoms in total. The van der Waals surface area contributed by atoms with Crippen molar-refractivity contribution in [1.82, 2.24) is 19.7 Å². The number of aromatic amines is 1. The Morgan fingerprint density at radius 3 is 2.24 bits per heavy atom. The topological polar surface area (TPSA) is 93.8 Å². The molecule has 41 heavy (non-hydrogen) atoms. The minimum Gasteiger partial charge on any atom is -0.296 e. The van der Waals surface area contributed by atoms with Crippen molar-refractivity contribution in [3.05, 3.63) is 128 Å². The van der Waals surface area contributed by atoms with Crippen LogP contribution in [0.3, 0.4) is 0 Å². The molecule has 0 fully saturated rings. The summed E-state index contributed by atoms with van der Waals surface area (Å²) in [6.07, 6.45) is 3.31. The molecule has 1 N–H and O–H groups in total. The van der Waals surface area contributed by atoms with Gasteiger partial charge in [0.15, 0.2) is 5.82 Å². The van der Waals surface area contributed by atoms with Crippen LogP contribution in [-0.4, -0.2) is 19.7 Å². The van der Waals surface area contributed by atoms with Gasteiger partial charge in [-0.3, -0.25) is 18.9 Å². The normalized spacial score (nSPS) is 11.6. The number of unbranched alkanes of at least 4 members (excludes halogenated alkanes) is 1. The monoisotopic (exact) mass is 548 g/mol. The lowest BCUT2D eigenvalue weighted by Gasteiger charge is -2.28. The van der Waals surface area contributed by atoms with Crippen molar-refractivity contribution in [3.63, 3.8) is 0 Å². The van der Waals surface area contributed by atoms with Crippen LogP contribution < -0.4 is 11.3 Å². The highest BCUT2D eigenvalue weighted by Gasteiger charge is 2.24. The van der Waals surface area contributed by atoms with Crippen molar-refractivity contribution in [2.75, 3.05) is 0 Å². The molecule has 210 valence electrons. The molecule has 0 aliphatic heterocycles. The highest BCUT2D eigenvalue weighted by Crippen LogP contribution is 2.30. The van der Waals surface area contributed by atoms with Gasteiger partial charge in [0.05, 0.1) is 5.69 Å². The van der Waals surface area contributed by atoms with Crippen LogP contribution in [0, 0.1) is 6.92 Å². The molecule has 0 aliphatic carbocycles. The summed E-state index contributed by atoms with van der Waals surface area (Å²) in [6.45, 7) is 8.99. The lowest BCUT2D eigenvalue weighted by molar-refractivity contribution is 0.388. The number of hydrogen-bond donors (Lipinski definition) is 1. The molecule has 3 aromatic carbocycles. The Labute approximate surface area is 239 Å². The Morgan fingerprint density at radius 1 is 0.902 bits per heavy atom. The van der Waals surface area contributed by atoms with Gasteiger partial charge in [-0.2, -0.15) is 0 Å². The van der Waals surface area contributed by atoms with Crippen LogP contribution in [0.2, 0.25) is 0 Å². The number of aryl methyl sites for hydroxylation is 2. The summed E-state index contributed by atoms with van der Waals surface area (Å²) in [5, 5.41) is 3.86. The van der Waals surface area contributed by atoms with E-state index in [1.54, 1.807) is 0 Å². The van der Waals surface area contributed by atoms with Crippen LogP contribution in [0.15, 0.2) is 93.0 Å². The quantitative estimate of drug-likeness (QED) is 0.216. The fourth-order valence-electron chi connectivity index (χ4n) is 5.34. The zero-order valence-electron chi connectivity index (χ0n) is 24.1. The van der Waals surface area contributed by atoms with Crippen LogP contribution in [-0.2, 0) is 24.8 Å². The molecular weight excluding hydrogens is 512 g/mol. The lowest BCUT2D eigenvalue weighted by Crippen LogP contribution is -2.36. The summed E-state index contributed by atoms with van der Waals surface area (Å²) in [7, 11) is 0. The number of nitrogens with one attached hydrogen (secondary N) is 1. The Hall–Kier alpha value is -4.52. The number of H-pyrrole nitrogens is 1. The Bertz CT molecular complexity index is 1750. The number of hydrogen-bond acceptors (Lipinski definition) is 5. The molecule has 0 aliphatic rings. The van der Waals surface area contributed by atoms with Gasteiger partial charge < -0.3 is 0 Å². The summed E-state index contributed by atoms with van der Waals surface area (Å²) in [6, 6.07) is 26.2. The van der Waals surface area contributed by atoms with E-state index >= 15 is 0 Å². The van der Waals surface area contributed by atoms with Gasteiger partial charge >= 0.3 is 5.76 Å². The molecular formula is C34H36N4O3. The number of benzene rings is 3. The molecule has 7 heteroatoms. The number of rotatable bonds is 10. The SMILES string of the molecule is CCCCc1nc(C)n(CC(C)(C)c2ccccc2)c(=O)c1Cc1ccc(-c2ccccc2-c2noc(=O)[nH]2)cc1. The molecule has 0 atom stereocenters. The van der Waals surface area contributed by atoms with Crippen molar-refractivity contribution in [2.24, 2.45) is 0 Å². The second kappa shape index (κ2) is 11.9. The first-order chi connectivity index (χ1) is 19.8. The minimum absolute atomic E-state index is 0.0389. The third-order valence-corrected chi connectivity index (χ3v) is 7.68. The highest BCUT2D eigenvalue weighted by molar-refractivity contribution is 5.80. The molecule has 2 aromatic heterocycles. The summed E-state index contributed by atoms with van der Waals surface area (Å²) in [5.74, 6) is 0.556. The van der Waals surface area contributed by atoms with E-state index in [1.807, 2.05) is 66.1 Å². The minimum atomic E-state index is -0.589. The number of nitrogens with zero attached hydrogens (tertiary/aromatic N) is 3. The van der Waals surface area contributed by atoms with Gasteiger partial charge in [-0.25, -0.2) is 9.78 Å². The van der Waals surface area contributed by atoms with Crippen LogP contribution in [0.5, 0.6) is 0 Å². The molecule has 0 saturated carbocycles. The third-order valence-electron chi connectivity index (χ3n) is 7.68. The third kappa shape index (κ3) is 6.14. The fraction of sp³-hybridized carbons (Fsp3) is 0.294. The van der Waals surface area contributed by atoms with Crippen LogP contribution in [0.25, 0.3) is 22.5 Å². The number of aromatic nitrogens is 4. The average Bonchev–Trinajstić information content (AvgIpc) is 3.42. The van der Waals surface area contributed by atoms with E-state index in [4.69, 9.17) is 9.51 Å². The Kier molecular flexibility index (Phi) is 8.15. The fourth-order valence-corrected chi connectivity index (χ4v) is 5.34. The highest BCUT2D eigenvalue weighted by atomic mass is 16.5. The molecule has 0 radical (unpaired) electrons. The summed E-state index contributed by atoms with van der Waals surface area (Å²) in [5.41, 5.74) is 6.37. The average molecular weight is 549 g/mol. The van der Waals surface area contributed by atoms with E-state index in [2.05, 4.69) is 55.2 Å². The Morgan fingerprint density at radius 2 is 1.59 bits per heavy atom. The van der Waals surface area contributed by atoms with Gasteiger partial charge in [-0.15, -0.1) is 0 Å². The van der Waals surface area contributed by atoms with Crippen molar-refractivity contribution in [1.29, 1.82) is 0 Å². The zero-order valence-corrected chi connectivity index (χ0v) is 24.1. The van der Waals surface area contributed by atoms with Gasteiger partial charge in [0.2, 0.25) is 0 Å². The summed E-state index contributed by atoms with van der Waals surface area (Å²) >= 11 is 0. The molecule has 0 saturated heterocycles. The summed E-state index contributed by atoms with van der Waals surface area (Å²) in [4.78, 5) is 33.2. The first-order valence-electron chi connectivity index (χ1n) is 14.2. The maximum Gasteiger partial charge on any atom is 0.439 e. The summed E-state index contributed by atoms with van der Waals surface area (Å²) < 4.78 is 6.57. The van der Waals surface area contributed by atoms with E-state index in [0.717, 1.165) is 58.6 Å². The van der Waals surface area contributed by atoms with E-state index in [-0.39, 0.29) is 11.0 Å². The molecule has 0 unspecified atom stereocenters. The van der Waals surface area contributed by atoms with Crippen molar-refractivity contribution < 1.29 is 4.52 Å². The van der Waals surface area contributed by atoms with Gasteiger partial charge in [-0.05, 0) is 42.0 Å². The van der Waals surface area contributed by atoms with Crippen LogP contribution in [0.4, 0.5) is 0 Å². The first kappa shape index (κ1) is 28.0. The van der Waals surface area contributed by atoms with Crippen molar-refractivity contribution in [2.45, 2.75) is 65.3 Å². The van der Waals surface area contributed by atoms with Gasteiger partial charge in [-0.1, -0.05) is 111 Å². The standard InChI is InChI=1S/C34H36N4O3/c1-5-6-16-30-29(32(39)38(23(2)35-30)22-34(3,4)26-12-8-7-9-13-26)21-24-17-19-25(20-18-24)27-14-10-11-15-28(27)31-36-33(40)41-37-31/h7-15,17-20H,5-6,16,21-22H2,1-4H3,(H,36,37,40). The first-order valence-corrected chi connectivity index (χ1v) is 14.2. The van der Waals surface area contributed by atoms with Crippen LogP contribution in [0.1, 0.15) is 61.8 Å². The predicted molar refractivity (Wildman–Crippen MR) is 162 cm³/mol. The second-order valence-corrected chi connectivity index (χ2v) is 11.2. The van der Waals surface area contributed by atoms with E-state index in [1.165, 1.54) is 5.56 Å². The zero-order chi connectivity index (χ0) is 29.0. The van der Waals surface area contributed by atoms with E-state index in [9.17, 15) is 9.59 Å². The predicted octanol–water partition coefficient (Wildman–Crippen LogP) is 6.47. The second-order valence-electron chi connectivity index (χ2n) is 11.2. The van der Waals surface area contributed by atoms with Gasteiger partial charge in [0.25, 0.3) is 5.56 Å². The lowest BCUT2D eigenvalue weighted by atomic mass is 9.84. The molecule has 0 amide bonds. The Balaban J connectivity index is 1.48. The van der Waals surface area contributed by atoms with E-state index < -0.39 is 5.76 Å². The maximum atomic E-state index is 14.1. The van der Waals surface area contributed by atoms with Crippen molar-refractivity contribution in [3.8, 4) is 22.5 Å². The molecule has 0 bridgehead atoms. The van der Waals surface area contributed by atoms with E-state index in [0.29, 0.717) is 18.8 Å². The smallest absolute Gasteiger partial charge is 0.296 e. The molecule has 5 rings (SSSR count). The molecule has 5 aromatic rings. The van der Waals surface area contributed by atoms with Crippen molar-refractivity contribution >= 4 is 0 Å². The molecule has 2 heterocycles. The maximum absolute atomic E-state index is 14.1. The molecule has 0 spiro atoms. The van der Waals surface area contributed by atoms with Gasteiger partial charge in [0, 0.05) is 29.5 Å².